The summed E-state index contributed by atoms with van der Waals surface area (Å²) in [5.41, 5.74) is -0.602. The summed E-state index contributed by atoms with van der Waals surface area (Å²) in [6, 6.07) is 20.9. The molecule has 0 saturated carbocycles. The number of amides is 1. The minimum atomic E-state index is -4.90. The summed E-state index contributed by atoms with van der Waals surface area (Å²) in [5, 5.41) is 0. The maximum absolute atomic E-state index is 13.6. The molecule has 43 heavy (non-hydrogen) atoms. The Hall–Kier alpha value is -3.41. The molecule has 2 fully saturated rings. The first-order valence-electron chi connectivity index (χ1n) is 14.3. The molecule has 1 amide bonds. The number of nitrogens with zero attached hydrogens (tertiary/aromatic N) is 4. The van der Waals surface area contributed by atoms with E-state index in [0.717, 1.165) is 50.4 Å². The molecule has 0 bridgehead atoms. The summed E-state index contributed by atoms with van der Waals surface area (Å²) in [6.45, 7) is 5.15. The number of hydrogen-bond donors (Lipinski definition) is 0. The van der Waals surface area contributed by atoms with Crippen molar-refractivity contribution in [2.24, 2.45) is 0 Å². The Labute approximate surface area is 247 Å². The summed E-state index contributed by atoms with van der Waals surface area (Å²) in [7, 11) is 0. The van der Waals surface area contributed by atoms with E-state index in [1.165, 1.54) is 5.56 Å². The van der Waals surface area contributed by atoms with Gasteiger partial charge in [0.1, 0.15) is 0 Å². The van der Waals surface area contributed by atoms with Gasteiger partial charge >= 0.3 is 12.4 Å². The lowest BCUT2D eigenvalue weighted by Gasteiger charge is -2.43. The molecule has 0 N–H and O–H groups in total. The highest BCUT2D eigenvalue weighted by Crippen LogP contribution is 2.37. The van der Waals surface area contributed by atoms with Crippen LogP contribution in [-0.4, -0.2) is 77.9 Å². The molecular formula is C32H34F6N4O. The molecule has 5 rings (SSSR count). The van der Waals surface area contributed by atoms with Crippen molar-refractivity contribution in [1.82, 2.24) is 19.6 Å². The van der Waals surface area contributed by atoms with Crippen molar-refractivity contribution in [3.05, 3.63) is 107 Å². The third-order valence-electron chi connectivity index (χ3n) is 8.10. The van der Waals surface area contributed by atoms with Crippen LogP contribution in [0.5, 0.6) is 0 Å². The summed E-state index contributed by atoms with van der Waals surface area (Å²) in [6.07, 6.45) is -9.80. The van der Waals surface area contributed by atoms with Gasteiger partial charge < -0.3 is 4.90 Å². The maximum Gasteiger partial charge on any atom is 0.416 e. The number of carbonyl (C=O) groups is 1. The number of rotatable bonds is 7. The van der Waals surface area contributed by atoms with E-state index in [1.807, 2.05) is 53.4 Å². The molecule has 230 valence electrons. The first-order chi connectivity index (χ1) is 20.5. The minimum Gasteiger partial charge on any atom is -0.332 e. The number of piperazine rings is 2. The van der Waals surface area contributed by atoms with Crippen molar-refractivity contribution >= 4 is 5.91 Å². The number of carbonyl (C=O) groups excluding carboxylic acids is 1. The van der Waals surface area contributed by atoms with Crippen LogP contribution < -0.4 is 0 Å². The van der Waals surface area contributed by atoms with Gasteiger partial charge in [0.15, 0.2) is 0 Å². The molecule has 2 aliphatic rings. The second-order valence-corrected chi connectivity index (χ2v) is 11.2. The van der Waals surface area contributed by atoms with Crippen molar-refractivity contribution in [3.8, 4) is 0 Å². The van der Waals surface area contributed by atoms with Crippen LogP contribution in [0.1, 0.15) is 33.9 Å². The molecule has 3 aromatic rings. The van der Waals surface area contributed by atoms with Crippen molar-refractivity contribution in [2.45, 2.75) is 31.5 Å². The fraction of sp³-hybridized carbons (Fsp3) is 0.406. The Bertz CT molecular complexity index is 1330. The lowest BCUT2D eigenvalue weighted by molar-refractivity contribution is -0.143. The van der Waals surface area contributed by atoms with E-state index in [0.29, 0.717) is 13.1 Å². The Morgan fingerprint density at radius 2 is 1.14 bits per heavy atom. The van der Waals surface area contributed by atoms with Crippen molar-refractivity contribution in [3.63, 3.8) is 0 Å². The van der Waals surface area contributed by atoms with Gasteiger partial charge in [0.25, 0.3) is 0 Å². The van der Waals surface area contributed by atoms with E-state index < -0.39 is 23.5 Å². The van der Waals surface area contributed by atoms with Gasteiger partial charge in [-0.3, -0.25) is 19.5 Å². The molecule has 0 spiro atoms. The summed E-state index contributed by atoms with van der Waals surface area (Å²) < 4.78 is 80.5. The predicted octanol–water partition coefficient (Wildman–Crippen LogP) is 5.93. The van der Waals surface area contributed by atoms with Gasteiger partial charge in [-0.05, 0) is 34.9 Å². The molecule has 3 aromatic carbocycles. The highest BCUT2D eigenvalue weighted by molar-refractivity contribution is 5.79. The Morgan fingerprint density at radius 3 is 1.72 bits per heavy atom. The third-order valence-corrected chi connectivity index (χ3v) is 8.10. The van der Waals surface area contributed by atoms with Crippen LogP contribution in [0.3, 0.4) is 0 Å². The molecule has 5 nitrogen and oxygen atoms in total. The Morgan fingerprint density at radius 1 is 0.628 bits per heavy atom. The van der Waals surface area contributed by atoms with Crippen molar-refractivity contribution < 1.29 is 31.1 Å². The maximum atomic E-state index is 13.6. The van der Waals surface area contributed by atoms with Crippen molar-refractivity contribution in [2.75, 3.05) is 52.4 Å². The fourth-order valence-electron chi connectivity index (χ4n) is 5.84. The molecule has 2 aliphatic heterocycles. The number of hydrogen-bond acceptors (Lipinski definition) is 4. The summed E-state index contributed by atoms with van der Waals surface area (Å²) >= 11 is 0. The molecule has 1 atom stereocenters. The van der Waals surface area contributed by atoms with Crippen LogP contribution in [0.15, 0.2) is 78.9 Å². The summed E-state index contributed by atoms with van der Waals surface area (Å²) in [4.78, 5) is 21.7. The monoisotopic (exact) mass is 604 g/mol. The van der Waals surface area contributed by atoms with Gasteiger partial charge in [-0.1, -0.05) is 60.7 Å². The van der Waals surface area contributed by atoms with E-state index in [-0.39, 0.29) is 43.2 Å². The Balaban J connectivity index is 1.25. The number of benzene rings is 3. The second-order valence-electron chi connectivity index (χ2n) is 11.2. The van der Waals surface area contributed by atoms with Gasteiger partial charge in [-0.15, -0.1) is 0 Å². The van der Waals surface area contributed by atoms with Crippen LogP contribution >= 0.6 is 0 Å². The second kappa shape index (κ2) is 13.1. The molecule has 2 heterocycles. The lowest BCUT2D eigenvalue weighted by atomic mass is 10.00. The minimum absolute atomic E-state index is 0.0385. The normalized spacial score (nSPS) is 19.5. The van der Waals surface area contributed by atoms with Crippen LogP contribution in [0.2, 0.25) is 0 Å². The fourth-order valence-corrected chi connectivity index (χ4v) is 5.84. The van der Waals surface area contributed by atoms with E-state index in [4.69, 9.17) is 0 Å². The highest BCUT2D eigenvalue weighted by atomic mass is 19.4. The first-order valence-corrected chi connectivity index (χ1v) is 14.3. The number of alkyl halides is 6. The van der Waals surface area contributed by atoms with Gasteiger partial charge in [-0.2, -0.15) is 26.3 Å². The van der Waals surface area contributed by atoms with Crippen LogP contribution in [0.25, 0.3) is 0 Å². The van der Waals surface area contributed by atoms with Crippen LogP contribution in [0, 0.1) is 0 Å². The zero-order valence-corrected chi connectivity index (χ0v) is 23.6. The molecule has 2 saturated heterocycles. The number of halogens is 6. The average molecular weight is 605 g/mol. The largest absolute Gasteiger partial charge is 0.416 e. The van der Waals surface area contributed by atoms with Crippen LogP contribution in [0.4, 0.5) is 26.3 Å². The quantitative estimate of drug-likeness (QED) is 0.313. The standard InChI is InChI=1S/C32H34F6N4O/c33-31(34,35)27-17-25(18-28(19-27)32(36,37)38)21-41-15-16-42(29(22-41)26-9-5-2-6-10-26)30(43)23-40-13-11-39(12-14-40)20-24-7-3-1-4-8-24/h1-10,17-19,29H,11-16,20-23H2. The van der Waals surface area contributed by atoms with E-state index in [2.05, 4.69) is 21.9 Å². The van der Waals surface area contributed by atoms with E-state index in [9.17, 15) is 31.1 Å². The van der Waals surface area contributed by atoms with E-state index in [1.54, 1.807) is 4.90 Å². The lowest BCUT2D eigenvalue weighted by Crippen LogP contribution is -2.54. The molecule has 11 heteroatoms. The van der Waals surface area contributed by atoms with Crippen LogP contribution in [-0.2, 0) is 30.2 Å². The smallest absolute Gasteiger partial charge is 0.332 e. The molecule has 0 aromatic heterocycles. The predicted molar refractivity (Wildman–Crippen MR) is 151 cm³/mol. The SMILES string of the molecule is O=C(CN1CCN(Cc2ccccc2)CC1)N1CCN(Cc2cc(C(F)(F)F)cc(C(F)(F)F)c2)CC1c1ccccc1. The third kappa shape index (κ3) is 8.16. The zero-order valence-electron chi connectivity index (χ0n) is 23.6. The Kier molecular flexibility index (Phi) is 9.43. The van der Waals surface area contributed by atoms with Gasteiger partial charge in [0.2, 0.25) is 5.91 Å². The molecular weight excluding hydrogens is 570 g/mol. The molecule has 0 radical (unpaired) electrons. The van der Waals surface area contributed by atoms with E-state index >= 15 is 0 Å². The first kappa shape index (κ1) is 31.0. The van der Waals surface area contributed by atoms with Gasteiger partial charge in [-0.25, -0.2) is 0 Å². The topological polar surface area (TPSA) is 30.0 Å². The van der Waals surface area contributed by atoms with Gasteiger partial charge in [0.05, 0.1) is 23.7 Å². The van der Waals surface area contributed by atoms with Gasteiger partial charge in [0, 0.05) is 58.9 Å². The average Bonchev–Trinajstić information content (AvgIpc) is 2.98. The summed E-state index contributed by atoms with van der Waals surface area (Å²) in [5.74, 6) is -0.0385. The van der Waals surface area contributed by atoms with Crippen molar-refractivity contribution in [1.29, 1.82) is 0 Å². The molecule has 0 aliphatic carbocycles. The highest BCUT2D eigenvalue weighted by Gasteiger charge is 2.38. The molecule has 1 unspecified atom stereocenters. The zero-order chi connectivity index (χ0) is 30.6.